The summed E-state index contributed by atoms with van der Waals surface area (Å²) in [6.07, 6.45) is 1.17. The maximum atomic E-state index is 6.01. The third-order valence-corrected chi connectivity index (χ3v) is 4.16. The summed E-state index contributed by atoms with van der Waals surface area (Å²) in [6.45, 7) is 8.56. The molecule has 0 amide bonds. The van der Waals surface area contributed by atoms with Gasteiger partial charge in [0, 0.05) is 13.1 Å². The first-order valence-electron chi connectivity index (χ1n) is 6.31. The lowest BCUT2D eigenvalue weighted by Crippen LogP contribution is -2.29. The Morgan fingerprint density at radius 3 is 2.83 bits per heavy atom. The van der Waals surface area contributed by atoms with Gasteiger partial charge in [0.1, 0.15) is 10.6 Å². The fraction of sp³-hybridized carbons (Fsp3) is 0.538. The highest BCUT2D eigenvalue weighted by molar-refractivity contribution is 7.16. The SMILES string of the molecule is CCC(C)CN(CC)c1nc(Cl)nc2sccc12. The van der Waals surface area contributed by atoms with E-state index < -0.39 is 0 Å². The van der Waals surface area contributed by atoms with Gasteiger partial charge in [0.2, 0.25) is 5.28 Å². The minimum Gasteiger partial charge on any atom is -0.356 e. The largest absolute Gasteiger partial charge is 0.356 e. The van der Waals surface area contributed by atoms with Crippen LogP contribution in [-0.4, -0.2) is 23.1 Å². The number of halogens is 1. The molecule has 0 saturated carbocycles. The Balaban J connectivity index is 2.40. The number of fused-ring (bicyclic) bond motifs is 1. The number of hydrogen-bond donors (Lipinski definition) is 0. The molecule has 2 rings (SSSR count). The summed E-state index contributed by atoms with van der Waals surface area (Å²) in [5.41, 5.74) is 0. The molecule has 0 saturated heterocycles. The van der Waals surface area contributed by atoms with Crippen LogP contribution in [-0.2, 0) is 0 Å². The molecule has 1 atom stereocenters. The van der Waals surface area contributed by atoms with Crippen molar-refractivity contribution in [1.82, 2.24) is 9.97 Å². The molecule has 0 bridgehead atoms. The zero-order chi connectivity index (χ0) is 13.1. The van der Waals surface area contributed by atoms with Gasteiger partial charge in [0.15, 0.2) is 0 Å². The van der Waals surface area contributed by atoms with Gasteiger partial charge in [-0.3, -0.25) is 0 Å². The normalized spacial score (nSPS) is 12.9. The molecule has 2 aromatic rings. The first-order valence-corrected chi connectivity index (χ1v) is 7.57. The maximum absolute atomic E-state index is 6.01. The van der Waals surface area contributed by atoms with Crippen molar-refractivity contribution in [2.45, 2.75) is 27.2 Å². The van der Waals surface area contributed by atoms with E-state index in [-0.39, 0.29) is 0 Å². The Labute approximate surface area is 117 Å². The Bertz CT molecular complexity index is 526. The summed E-state index contributed by atoms with van der Waals surface area (Å²) in [5, 5.41) is 3.48. The van der Waals surface area contributed by atoms with Crippen LogP contribution < -0.4 is 4.90 Å². The molecule has 0 N–H and O–H groups in total. The number of anilines is 1. The second-order valence-corrected chi connectivity index (χ2v) is 5.74. The Morgan fingerprint density at radius 1 is 1.39 bits per heavy atom. The van der Waals surface area contributed by atoms with Gasteiger partial charge in [-0.2, -0.15) is 4.98 Å². The summed E-state index contributed by atoms with van der Waals surface area (Å²) < 4.78 is 0. The molecular weight excluding hydrogens is 266 g/mol. The second-order valence-electron chi connectivity index (χ2n) is 4.51. The van der Waals surface area contributed by atoms with Crippen LogP contribution in [0.3, 0.4) is 0 Å². The van der Waals surface area contributed by atoms with Crippen molar-refractivity contribution in [2.24, 2.45) is 5.92 Å². The van der Waals surface area contributed by atoms with Crippen molar-refractivity contribution in [2.75, 3.05) is 18.0 Å². The number of rotatable bonds is 5. The Kier molecular flexibility index (Phi) is 4.40. The third kappa shape index (κ3) is 2.75. The molecule has 0 aliphatic heterocycles. The fourth-order valence-corrected chi connectivity index (χ4v) is 2.90. The van der Waals surface area contributed by atoms with Gasteiger partial charge >= 0.3 is 0 Å². The van der Waals surface area contributed by atoms with Gasteiger partial charge in [-0.1, -0.05) is 20.3 Å². The zero-order valence-electron chi connectivity index (χ0n) is 11.0. The molecule has 0 radical (unpaired) electrons. The minimum atomic E-state index is 0.336. The standard InChI is InChI=1S/C13H18ClN3S/c1-4-9(3)8-17(5-2)11-10-6-7-18-12(10)16-13(14)15-11/h6-7,9H,4-5,8H2,1-3H3. The van der Waals surface area contributed by atoms with Crippen LogP contribution in [0.2, 0.25) is 5.28 Å². The fourth-order valence-electron chi connectivity index (χ4n) is 1.93. The molecule has 5 heteroatoms. The van der Waals surface area contributed by atoms with E-state index >= 15 is 0 Å². The molecule has 0 aliphatic carbocycles. The molecule has 0 spiro atoms. The van der Waals surface area contributed by atoms with Crippen LogP contribution in [0.25, 0.3) is 10.2 Å². The summed E-state index contributed by atoms with van der Waals surface area (Å²) in [7, 11) is 0. The number of hydrogen-bond acceptors (Lipinski definition) is 4. The van der Waals surface area contributed by atoms with Gasteiger partial charge in [-0.25, -0.2) is 4.98 Å². The third-order valence-electron chi connectivity index (χ3n) is 3.19. The van der Waals surface area contributed by atoms with Crippen LogP contribution in [0.15, 0.2) is 11.4 Å². The van der Waals surface area contributed by atoms with E-state index in [0.29, 0.717) is 11.2 Å². The molecule has 18 heavy (non-hydrogen) atoms. The van der Waals surface area contributed by atoms with Crippen LogP contribution in [0.4, 0.5) is 5.82 Å². The molecule has 2 aromatic heterocycles. The molecule has 0 aromatic carbocycles. The van der Waals surface area contributed by atoms with Gasteiger partial charge in [-0.15, -0.1) is 11.3 Å². The highest BCUT2D eigenvalue weighted by Crippen LogP contribution is 2.29. The first-order chi connectivity index (χ1) is 8.65. The average Bonchev–Trinajstić information content (AvgIpc) is 2.82. The average molecular weight is 284 g/mol. The van der Waals surface area contributed by atoms with Crippen molar-refractivity contribution in [3.63, 3.8) is 0 Å². The lowest BCUT2D eigenvalue weighted by molar-refractivity contribution is 0.546. The van der Waals surface area contributed by atoms with Crippen LogP contribution in [0.5, 0.6) is 0 Å². The quantitative estimate of drug-likeness (QED) is 0.770. The van der Waals surface area contributed by atoms with E-state index in [4.69, 9.17) is 11.6 Å². The summed E-state index contributed by atoms with van der Waals surface area (Å²) in [5.74, 6) is 1.61. The highest BCUT2D eigenvalue weighted by Gasteiger charge is 2.15. The summed E-state index contributed by atoms with van der Waals surface area (Å²) >= 11 is 7.62. The lowest BCUT2D eigenvalue weighted by atomic mass is 10.1. The Morgan fingerprint density at radius 2 is 2.17 bits per heavy atom. The van der Waals surface area contributed by atoms with Crippen molar-refractivity contribution in [3.05, 3.63) is 16.7 Å². The number of thiophene rings is 1. The van der Waals surface area contributed by atoms with Gasteiger partial charge < -0.3 is 4.90 Å². The smallest absolute Gasteiger partial charge is 0.225 e. The van der Waals surface area contributed by atoms with Crippen LogP contribution >= 0.6 is 22.9 Å². The van der Waals surface area contributed by atoms with E-state index in [0.717, 1.165) is 29.1 Å². The molecule has 98 valence electrons. The van der Waals surface area contributed by atoms with Crippen molar-refractivity contribution >= 4 is 39.0 Å². The first kappa shape index (κ1) is 13.6. The highest BCUT2D eigenvalue weighted by atomic mass is 35.5. The molecule has 3 nitrogen and oxygen atoms in total. The van der Waals surface area contributed by atoms with E-state index in [1.807, 2.05) is 5.38 Å². The summed E-state index contributed by atoms with van der Waals surface area (Å²) in [6, 6.07) is 2.07. The summed E-state index contributed by atoms with van der Waals surface area (Å²) in [4.78, 5) is 11.9. The minimum absolute atomic E-state index is 0.336. The topological polar surface area (TPSA) is 29.0 Å². The van der Waals surface area contributed by atoms with Crippen LogP contribution in [0.1, 0.15) is 27.2 Å². The van der Waals surface area contributed by atoms with Crippen molar-refractivity contribution < 1.29 is 0 Å². The molecular formula is C13H18ClN3S. The predicted molar refractivity (Wildman–Crippen MR) is 79.8 cm³/mol. The second kappa shape index (κ2) is 5.85. The van der Waals surface area contributed by atoms with E-state index in [2.05, 4.69) is 41.7 Å². The lowest BCUT2D eigenvalue weighted by Gasteiger charge is -2.25. The molecule has 2 heterocycles. The van der Waals surface area contributed by atoms with Crippen molar-refractivity contribution in [1.29, 1.82) is 0 Å². The zero-order valence-corrected chi connectivity index (χ0v) is 12.6. The maximum Gasteiger partial charge on any atom is 0.225 e. The van der Waals surface area contributed by atoms with Crippen LogP contribution in [0, 0.1) is 5.92 Å². The molecule has 0 aliphatic rings. The van der Waals surface area contributed by atoms with Gasteiger partial charge in [0.25, 0.3) is 0 Å². The molecule has 0 fully saturated rings. The number of aromatic nitrogens is 2. The van der Waals surface area contributed by atoms with Gasteiger partial charge in [-0.05, 0) is 35.9 Å². The predicted octanol–water partition coefficient (Wildman–Crippen LogP) is 4.22. The molecule has 1 unspecified atom stereocenters. The van der Waals surface area contributed by atoms with E-state index in [9.17, 15) is 0 Å². The van der Waals surface area contributed by atoms with Gasteiger partial charge in [0.05, 0.1) is 5.39 Å². The van der Waals surface area contributed by atoms with E-state index in [1.165, 1.54) is 6.42 Å². The van der Waals surface area contributed by atoms with E-state index in [1.54, 1.807) is 11.3 Å². The Hall–Kier alpha value is -0.870. The monoisotopic (exact) mass is 283 g/mol. The van der Waals surface area contributed by atoms with Crippen molar-refractivity contribution in [3.8, 4) is 0 Å². The number of nitrogens with zero attached hydrogens (tertiary/aromatic N) is 3.